The first kappa shape index (κ1) is 9.15. The van der Waals surface area contributed by atoms with Gasteiger partial charge in [0, 0.05) is 21.7 Å². The predicted molar refractivity (Wildman–Crippen MR) is 33.5 cm³/mol. The molecule has 0 aliphatic heterocycles. The summed E-state index contributed by atoms with van der Waals surface area (Å²) in [5.41, 5.74) is 1.12. The summed E-state index contributed by atoms with van der Waals surface area (Å²) < 4.78 is 0. The van der Waals surface area contributed by atoms with Gasteiger partial charge in [-0.3, -0.25) is 0 Å². The molecule has 1 rings (SSSR count). The number of aliphatic hydroxyl groups is 1. The molecule has 0 spiro atoms. The molecule has 1 aliphatic carbocycles. The van der Waals surface area contributed by atoms with Crippen molar-refractivity contribution in [3.05, 3.63) is 23.8 Å². The van der Waals surface area contributed by atoms with Gasteiger partial charge in [-0.1, -0.05) is 18.2 Å². The molecule has 1 N–H and O–H groups in total. The van der Waals surface area contributed by atoms with Crippen LogP contribution in [0.3, 0.4) is 0 Å². The minimum absolute atomic E-state index is 0. The molecule has 0 fully saturated rings. The van der Waals surface area contributed by atoms with E-state index in [0.29, 0.717) is 0 Å². The summed E-state index contributed by atoms with van der Waals surface area (Å²) in [6.07, 6.45) is 6.65. The zero-order valence-corrected chi connectivity index (χ0v) is 7.03. The minimum atomic E-state index is -0.259. The average molecular weight is 158 g/mol. The molecule has 0 saturated carbocycles. The molecule has 1 aliphatic rings. The molecule has 1 atom stereocenters. The van der Waals surface area contributed by atoms with E-state index in [0.717, 1.165) is 12.0 Å². The molecule has 0 aromatic rings. The first-order chi connectivity index (χ1) is 3.80. The van der Waals surface area contributed by atoms with E-state index in [1.165, 1.54) is 0 Å². The van der Waals surface area contributed by atoms with Crippen molar-refractivity contribution in [1.82, 2.24) is 0 Å². The molecule has 0 radical (unpaired) electrons. The van der Waals surface area contributed by atoms with E-state index in [9.17, 15) is 0 Å². The summed E-state index contributed by atoms with van der Waals surface area (Å²) in [7, 11) is 0. The molecular weight excluding hydrogens is 148 g/mol. The van der Waals surface area contributed by atoms with Crippen molar-refractivity contribution in [2.24, 2.45) is 0 Å². The summed E-state index contributed by atoms with van der Waals surface area (Å²) in [6, 6.07) is 0. The molecule has 0 saturated heterocycles. The van der Waals surface area contributed by atoms with E-state index >= 15 is 0 Å². The van der Waals surface area contributed by atoms with Crippen LogP contribution in [0.25, 0.3) is 0 Å². The summed E-state index contributed by atoms with van der Waals surface area (Å²) in [4.78, 5) is 0. The van der Waals surface area contributed by atoms with Crippen molar-refractivity contribution >= 4 is 0 Å². The van der Waals surface area contributed by atoms with Crippen molar-refractivity contribution in [1.29, 1.82) is 0 Å². The van der Waals surface area contributed by atoms with Crippen molar-refractivity contribution < 1.29 is 26.8 Å². The Balaban J connectivity index is 0.000000640. The van der Waals surface area contributed by atoms with Crippen LogP contribution in [0.4, 0.5) is 0 Å². The van der Waals surface area contributed by atoms with Crippen LogP contribution in [-0.2, 0) is 21.7 Å². The second-order valence-electron chi connectivity index (χ2n) is 2.05. The predicted octanol–water partition coefficient (Wildman–Crippen LogP) is 1.25. The van der Waals surface area contributed by atoms with E-state index in [2.05, 4.69) is 0 Å². The maximum Gasteiger partial charge on any atom is 0.0728 e. The van der Waals surface area contributed by atoms with Crippen LogP contribution in [0.1, 0.15) is 13.3 Å². The molecule has 0 heterocycles. The van der Waals surface area contributed by atoms with Gasteiger partial charge in [-0.25, -0.2) is 0 Å². The van der Waals surface area contributed by atoms with Gasteiger partial charge in [-0.15, -0.1) is 0 Å². The quantitative estimate of drug-likeness (QED) is 0.569. The van der Waals surface area contributed by atoms with Gasteiger partial charge in [0.15, 0.2) is 0 Å². The molecule has 0 aromatic heterocycles. The Morgan fingerprint density at radius 2 is 2.33 bits per heavy atom. The van der Waals surface area contributed by atoms with Crippen molar-refractivity contribution in [2.45, 2.75) is 19.4 Å². The van der Waals surface area contributed by atoms with E-state index in [4.69, 9.17) is 5.11 Å². The first-order valence-corrected chi connectivity index (χ1v) is 2.84. The number of allylic oxidation sites excluding steroid dienone is 3. The third kappa shape index (κ3) is 2.48. The van der Waals surface area contributed by atoms with Gasteiger partial charge in [-0.2, -0.15) is 0 Å². The molecule has 9 heavy (non-hydrogen) atoms. The SMILES string of the molecule is CC(O)C1=CC=CC1.[Ti]. The van der Waals surface area contributed by atoms with Gasteiger partial charge in [-0.05, 0) is 18.9 Å². The van der Waals surface area contributed by atoms with Gasteiger partial charge in [0.1, 0.15) is 0 Å². The fourth-order valence-corrected chi connectivity index (χ4v) is 0.774. The number of hydrogen-bond acceptors (Lipinski definition) is 1. The second-order valence-corrected chi connectivity index (χ2v) is 2.05. The fraction of sp³-hybridized carbons (Fsp3) is 0.429. The summed E-state index contributed by atoms with van der Waals surface area (Å²) >= 11 is 0. The fourth-order valence-electron chi connectivity index (χ4n) is 0.774. The third-order valence-electron chi connectivity index (χ3n) is 1.34. The third-order valence-corrected chi connectivity index (χ3v) is 1.34. The van der Waals surface area contributed by atoms with Crippen molar-refractivity contribution in [2.75, 3.05) is 0 Å². The van der Waals surface area contributed by atoms with E-state index in [1.54, 1.807) is 6.92 Å². The van der Waals surface area contributed by atoms with Crippen LogP contribution in [-0.4, -0.2) is 11.2 Å². The average Bonchev–Trinajstić information content (AvgIpc) is 2.12. The number of hydrogen-bond donors (Lipinski definition) is 1. The van der Waals surface area contributed by atoms with Crippen LogP contribution in [0.15, 0.2) is 23.8 Å². The Morgan fingerprint density at radius 1 is 1.67 bits per heavy atom. The van der Waals surface area contributed by atoms with Crippen LogP contribution in [0.5, 0.6) is 0 Å². The molecule has 0 amide bonds. The molecular formula is C7H10OTi. The Hall–Kier alpha value is 0.154. The topological polar surface area (TPSA) is 20.2 Å². The molecule has 1 unspecified atom stereocenters. The van der Waals surface area contributed by atoms with E-state index in [1.807, 2.05) is 18.2 Å². The smallest absolute Gasteiger partial charge is 0.0728 e. The summed E-state index contributed by atoms with van der Waals surface area (Å²) in [5, 5.41) is 8.94. The van der Waals surface area contributed by atoms with Gasteiger partial charge in [0.05, 0.1) is 6.10 Å². The van der Waals surface area contributed by atoms with Gasteiger partial charge in [0.2, 0.25) is 0 Å². The standard InChI is InChI=1S/C7H10O.Ti/c1-6(8)7-4-2-3-5-7;/h2-4,6,8H,5H2,1H3;. The van der Waals surface area contributed by atoms with Crippen molar-refractivity contribution in [3.63, 3.8) is 0 Å². The molecule has 1 nitrogen and oxygen atoms in total. The van der Waals surface area contributed by atoms with Crippen LogP contribution < -0.4 is 0 Å². The monoisotopic (exact) mass is 158 g/mol. The van der Waals surface area contributed by atoms with Crippen molar-refractivity contribution in [3.8, 4) is 0 Å². The Labute approximate surface area is 70.3 Å². The zero-order valence-electron chi connectivity index (χ0n) is 5.46. The molecule has 0 bridgehead atoms. The van der Waals surface area contributed by atoms with Crippen LogP contribution in [0, 0.1) is 0 Å². The van der Waals surface area contributed by atoms with E-state index in [-0.39, 0.29) is 27.8 Å². The Kier molecular flexibility index (Phi) is 4.12. The zero-order chi connectivity index (χ0) is 5.98. The molecule has 48 valence electrons. The van der Waals surface area contributed by atoms with Crippen LogP contribution >= 0.6 is 0 Å². The van der Waals surface area contributed by atoms with E-state index < -0.39 is 0 Å². The number of aliphatic hydroxyl groups excluding tert-OH is 1. The molecule has 0 aromatic carbocycles. The maximum absolute atomic E-state index is 8.94. The Morgan fingerprint density at radius 3 is 2.56 bits per heavy atom. The largest absolute Gasteiger partial charge is 0.389 e. The van der Waals surface area contributed by atoms with Gasteiger partial charge < -0.3 is 5.11 Å². The normalized spacial score (nSPS) is 18.7. The van der Waals surface area contributed by atoms with Gasteiger partial charge in [0.25, 0.3) is 0 Å². The summed E-state index contributed by atoms with van der Waals surface area (Å²) in [5.74, 6) is 0. The second kappa shape index (κ2) is 4.05. The Bertz CT molecular complexity index is 136. The maximum atomic E-state index is 8.94. The number of rotatable bonds is 1. The minimum Gasteiger partial charge on any atom is -0.389 e. The van der Waals surface area contributed by atoms with Crippen LogP contribution in [0.2, 0.25) is 0 Å². The molecule has 2 heteroatoms. The van der Waals surface area contributed by atoms with Gasteiger partial charge >= 0.3 is 0 Å². The summed E-state index contributed by atoms with van der Waals surface area (Å²) in [6.45, 7) is 1.79. The first-order valence-electron chi connectivity index (χ1n) is 2.84.